The summed E-state index contributed by atoms with van der Waals surface area (Å²) in [6.45, 7) is 12.2. The number of nitrogens with one attached hydrogen (secondary N) is 2. The van der Waals surface area contributed by atoms with Crippen molar-refractivity contribution in [3.05, 3.63) is 11.8 Å². The molecule has 0 saturated carbocycles. The predicted octanol–water partition coefficient (Wildman–Crippen LogP) is 3.32. The molecule has 102 valence electrons. The highest BCUT2D eigenvalue weighted by atomic mass is 16.5. The van der Waals surface area contributed by atoms with Crippen molar-refractivity contribution in [2.24, 2.45) is 5.41 Å². The fourth-order valence-electron chi connectivity index (χ4n) is 2.25. The largest absolute Gasteiger partial charge is 0.360 e. The van der Waals surface area contributed by atoms with E-state index in [0.29, 0.717) is 11.6 Å². The van der Waals surface area contributed by atoms with Crippen molar-refractivity contribution in [3.8, 4) is 0 Å². The Kier molecular flexibility index (Phi) is 4.04. The van der Waals surface area contributed by atoms with E-state index in [1.807, 2.05) is 13.8 Å². The van der Waals surface area contributed by atoms with Gasteiger partial charge in [0.25, 0.3) is 0 Å². The molecule has 0 unspecified atom stereocenters. The number of urea groups is 1. The van der Waals surface area contributed by atoms with Crippen LogP contribution in [-0.4, -0.2) is 16.7 Å². The minimum absolute atomic E-state index is 0.154. The first-order valence-corrected chi connectivity index (χ1v) is 6.10. The summed E-state index contributed by atoms with van der Waals surface area (Å²) in [5, 5.41) is 9.30. The van der Waals surface area contributed by atoms with Gasteiger partial charge in [0.15, 0.2) is 5.82 Å². The summed E-state index contributed by atoms with van der Waals surface area (Å²) < 4.78 is 4.88. The van der Waals surface area contributed by atoms with Gasteiger partial charge in [-0.1, -0.05) is 25.9 Å². The third-order valence-corrected chi connectivity index (χ3v) is 2.29. The smallest absolute Gasteiger partial charge is 0.320 e. The quantitative estimate of drug-likeness (QED) is 0.868. The summed E-state index contributed by atoms with van der Waals surface area (Å²) in [5.41, 5.74) is -0.123. The van der Waals surface area contributed by atoms with Crippen LogP contribution in [0.25, 0.3) is 0 Å². The first-order chi connectivity index (χ1) is 8.07. The van der Waals surface area contributed by atoms with Crippen LogP contribution in [0.2, 0.25) is 0 Å². The average molecular weight is 253 g/mol. The molecular weight excluding hydrogens is 230 g/mol. The maximum atomic E-state index is 11.8. The van der Waals surface area contributed by atoms with Crippen molar-refractivity contribution in [3.63, 3.8) is 0 Å². The first kappa shape index (κ1) is 14.5. The number of aryl methyl sites for hydroxylation is 1. The molecule has 0 atom stereocenters. The monoisotopic (exact) mass is 253 g/mol. The first-order valence-electron chi connectivity index (χ1n) is 6.10. The maximum absolute atomic E-state index is 11.8. The number of aromatic nitrogens is 1. The van der Waals surface area contributed by atoms with Crippen molar-refractivity contribution in [2.75, 3.05) is 5.32 Å². The van der Waals surface area contributed by atoms with E-state index in [2.05, 4.69) is 36.6 Å². The van der Waals surface area contributed by atoms with Gasteiger partial charge in [0.05, 0.1) is 0 Å². The van der Waals surface area contributed by atoms with Crippen LogP contribution in [0.1, 0.15) is 46.8 Å². The van der Waals surface area contributed by atoms with E-state index in [1.54, 1.807) is 13.0 Å². The molecule has 0 fully saturated rings. The minimum atomic E-state index is -0.277. The number of carbonyl (C=O) groups excluding carboxylic acids is 1. The molecule has 1 rings (SSSR count). The normalized spacial score (nSPS) is 12.3. The number of carbonyl (C=O) groups is 1. The second-order valence-corrected chi connectivity index (χ2v) is 6.52. The number of nitrogens with zero attached hydrogens (tertiary/aromatic N) is 1. The zero-order chi connectivity index (χ0) is 14.0. The van der Waals surface area contributed by atoms with Crippen molar-refractivity contribution in [2.45, 2.75) is 53.5 Å². The summed E-state index contributed by atoms with van der Waals surface area (Å²) in [5.74, 6) is 1.09. The van der Waals surface area contributed by atoms with Gasteiger partial charge in [0.2, 0.25) is 0 Å². The van der Waals surface area contributed by atoms with E-state index >= 15 is 0 Å². The third kappa shape index (κ3) is 5.21. The molecule has 2 amide bonds. The summed E-state index contributed by atoms with van der Waals surface area (Å²) in [6.07, 6.45) is 0.880. The number of amides is 2. The molecule has 0 spiro atoms. The molecule has 5 nitrogen and oxygen atoms in total. The van der Waals surface area contributed by atoms with Gasteiger partial charge in [-0.2, -0.15) is 0 Å². The molecule has 2 N–H and O–H groups in total. The number of hydrogen-bond donors (Lipinski definition) is 2. The Morgan fingerprint density at radius 1 is 1.33 bits per heavy atom. The minimum Gasteiger partial charge on any atom is -0.360 e. The van der Waals surface area contributed by atoms with Crippen molar-refractivity contribution in [1.29, 1.82) is 0 Å². The lowest BCUT2D eigenvalue weighted by atomic mass is 9.82. The topological polar surface area (TPSA) is 67.2 Å². The van der Waals surface area contributed by atoms with Gasteiger partial charge in [-0.05, 0) is 32.6 Å². The SMILES string of the molecule is Cc1cc(NC(=O)NC(C)(C)CC(C)(C)C)no1. The summed E-state index contributed by atoms with van der Waals surface area (Å²) in [6, 6.07) is 1.41. The lowest BCUT2D eigenvalue weighted by Crippen LogP contribution is -2.47. The highest BCUT2D eigenvalue weighted by molar-refractivity contribution is 5.88. The van der Waals surface area contributed by atoms with E-state index < -0.39 is 0 Å². The standard InChI is InChI=1S/C13H23N3O2/c1-9-7-10(16-18-9)14-11(17)15-13(5,6)8-12(2,3)4/h7H,8H2,1-6H3,(H2,14,15,16,17). The van der Waals surface area contributed by atoms with E-state index in [4.69, 9.17) is 4.52 Å². The zero-order valence-corrected chi connectivity index (χ0v) is 12.0. The van der Waals surface area contributed by atoms with E-state index in [9.17, 15) is 4.79 Å². The molecule has 0 bridgehead atoms. The summed E-state index contributed by atoms with van der Waals surface area (Å²) in [7, 11) is 0. The van der Waals surface area contributed by atoms with E-state index in [-0.39, 0.29) is 17.0 Å². The van der Waals surface area contributed by atoms with Gasteiger partial charge < -0.3 is 9.84 Å². The molecule has 18 heavy (non-hydrogen) atoms. The van der Waals surface area contributed by atoms with E-state index in [1.165, 1.54) is 0 Å². The van der Waals surface area contributed by atoms with Crippen molar-refractivity contribution < 1.29 is 9.32 Å². The van der Waals surface area contributed by atoms with Crippen molar-refractivity contribution >= 4 is 11.8 Å². The fraction of sp³-hybridized carbons (Fsp3) is 0.692. The van der Waals surface area contributed by atoms with Gasteiger partial charge >= 0.3 is 6.03 Å². The molecule has 0 aliphatic rings. The maximum Gasteiger partial charge on any atom is 0.320 e. The molecule has 5 heteroatoms. The number of rotatable bonds is 3. The molecule has 1 heterocycles. The average Bonchev–Trinajstić information content (AvgIpc) is 2.44. The molecular formula is C13H23N3O2. The zero-order valence-electron chi connectivity index (χ0n) is 12.0. The van der Waals surface area contributed by atoms with Crippen LogP contribution in [0.5, 0.6) is 0 Å². The molecule has 0 radical (unpaired) electrons. The summed E-state index contributed by atoms with van der Waals surface area (Å²) >= 11 is 0. The fourth-order valence-corrected chi connectivity index (χ4v) is 2.25. The van der Waals surface area contributed by atoms with E-state index in [0.717, 1.165) is 6.42 Å². The number of hydrogen-bond acceptors (Lipinski definition) is 3. The molecule has 0 saturated heterocycles. The highest BCUT2D eigenvalue weighted by Gasteiger charge is 2.27. The molecule has 1 aromatic rings. The van der Waals surface area contributed by atoms with Gasteiger partial charge in [-0.3, -0.25) is 5.32 Å². The van der Waals surface area contributed by atoms with Gasteiger partial charge in [-0.25, -0.2) is 4.79 Å². The van der Waals surface area contributed by atoms with Crippen LogP contribution in [-0.2, 0) is 0 Å². The predicted molar refractivity (Wildman–Crippen MR) is 71.5 cm³/mol. The van der Waals surface area contributed by atoms with Crippen LogP contribution >= 0.6 is 0 Å². The van der Waals surface area contributed by atoms with Gasteiger partial charge in [-0.15, -0.1) is 0 Å². The second kappa shape index (κ2) is 5.00. The van der Waals surface area contributed by atoms with Gasteiger partial charge in [0.1, 0.15) is 5.76 Å². The molecule has 1 aromatic heterocycles. The highest BCUT2D eigenvalue weighted by Crippen LogP contribution is 2.26. The lowest BCUT2D eigenvalue weighted by molar-refractivity contribution is 0.220. The van der Waals surface area contributed by atoms with Crippen LogP contribution in [0.3, 0.4) is 0 Å². The van der Waals surface area contributed by atoms with Crippen LogP contribution in [0, 0.1) is 12.3 Å². The lowest BCUT2D eigenvalue weighted by Gasteiger charge is -2.33. The Balaban J connectivity index is 2.54. The van der Waals surface area contributed by atoms with Crippen LogP contribution in [0.15, 0.2) is 10.6 Å². The second-order valence-electron chi connectivity index (χ2n) is 6.52. The summed E-state index contributed by atoms with van der Waals surface area (Å²) in [4.78, 5) is 11.8. The Morgan fingerprint density at radius 3 is 2.39 bits per heavy atom. The van der Waals surface area contributed by atoms with Crippen LogP contribution in [0.4, 0.5) is 10.6 Å². The Morgan fingerprint density at radius 2 is 1.94 bits per heavy atom. The van der Waals surface area contributed by atoms with Crippen LogP contribution < -0.4 is 10.6 Å². The van der Waals surface area contributed by atoms with Gasteiger partial charge in [0, 0.05) is 11.6 Å². The Labute approximate surface area is 108 Å². The number of anilines is 1. The third-order valence-electron chi connectivity index (χ3n) is 2.29. The molecule has 0 aromatic carbocycles. The molecule has 0 aliphatic carbocycles. The Bertz CT molecular complexity index is 416. The Hall–Kier alpha value is -1.52. The molecule has 0 aliphatic heterocycles. The van der Waals surface area contributed by atoms with Crippen molar-refractivity contribution in [1.82, 2.24) is 10.5 Å².